The molecule has 1 heterocycles. The molecule has 1 N–H and O–H groups in total. The van der Waals surface area contributed by atoms with E-state index in [1.165, 1.54) is 0 Å². The summed E-state index contributed by atoms with van der Waals surface area (Å²) in [4.78, 5) is 15.4. The number of carbonyl (C=O) groups is 1. The molecular formula is C14H18N2O2S. The van der Waals surface area contributed by atoms with Crippen LogP contribution in [0.3, 0.4) is 0 Å². The van der Waals surface area contributed by atoms with Crippen molar-refractivity contribution in [3.05, 3.63) is 30.1 Å². The molecule has 4 nitrogen and oxygen atoms in total. The van der Waals surface area contributed by atoms with Crippen LogP contribution in [0.4, 0.5) is 0 Å². The van der Waals surface area contributed by atoms with Gasteiger partial charge in [0, 0.05) is 6.04 Å². The molecule has 0 bridgehead atoms. The van der Waals surface area contributed by atoms with E-state index in [0.29, 0.717) is 11.6 Å². The lowest BCUT2D eigenvalue weighted by molar-refractivity contribution is 0.0697. The van der Waals surface area contributed by atoms with Gasteiger partial charge in [0.25, 0.3) is 0 Å². The average Bonchev–Trinajstić information content (AvgIpc) is 2.81. The second-order valence-corrected chi connectivity index (χ2v) is 5.89. The number of aromatic carboxylic acids is 1. The quantitative estimate of drug-likeness (QED) is 0.822. The Kier molecular flexibility index (Phi) is 4.47. The highest BCUT2D eigenvalue weighted by molar-refractivity contribution is 7.99. The first-order valence-corrected chi connectivity index (χ1v) is 7.56. The molecule has 1 aromatic carbocycles. The van der Waals surface area contributed by atoms with Crippen LogP contribution in [-0.4, -0.2) is 32.1 Å². The van der Waals surface area contributed by atoms with Crippen molar-refractivity contribution >= 4 is 28.8 Å². The van der Waals surface area contributed by atoms with E-state index in [1.54, 1.807) is 24.5 Å². The average molecular weight is 278 g/mol. The maximum absolute atomic E-state index is 11.0. The van der Waals surface area contributed by atoms with Gasteiger partial charge in [-0.15, -0.1) is 0 Å². The summed E-state index contributed by atoms with van der Waals surface area (Å²) in [6.45, 7) is 4.30. The third-order valence-corrected chi connectivity index (χ3v) is 4.11. The zero-order valence-electron chi connectivity index (χ0n) is 11.2. The SMILES string of the molecule is CCSCCC(C)n1cnc2ccc(C(=O)O)cc21. The third-order valence-electron chi connectivity index (χ3n) is 3.18. The lowest BCUT2D eigenvalue weighted by Gasteiger charge is -2.14. The van der Waals surface area contributed by atoms with Crippen LogP contribution in [0.2, 0.25) is 0 Å². The van der Waals surface area contributed by atoms with Crippen molar-refractivity contribution in [1.82, 2.24) is 9.55 Å². The van der Waals surface area contributed by atoms with Gasteiger partial charge in [-0.3, -0.25) is 0 Å². The molecule has 0 aliphatic heterocycles. The maximum Gasteiger partial charge on any atom is 0.335 e. The molecule has 0 spiro atoms. The highest BCUT2D eigenvalue weighted by Gasteiger charge is 2.11. The molecule has 0 aliphatic rings. The first-order valence-electron chi connectivity index (χ1n) is 6.41. The fourth-order valence-corrected chi connectivity index (χ4v) is 2.84. The van der Waals surface area contributed by atoms with Crippen molar-refractivity contribution < 1.29 is 9.90 Å². The van der Waals surface area contributed by atoms with Crippen LogP contribution in [0.25, 0.3) is 11.0 Å². The van der Waals surface area contributed by atoms with E-state index in [0.717, 1.165) is 29.0 Å². The van der Waals surface area contributed by atoms with E-state index in [-0.39, 0.29) is 0 Å². The molecule has 0 radical (unpaired) electrons. The third kappa shape index (κ3) is 3.10. The van der Waals surface area contributed by atoms with Crippen molar-refractivity contribution in [2.24, 2.45) is 0 Å². The lowest BCUT2D eigenvalue weighted by atomic mass is 10.2. The van der Waals surface area contributed by atoms with Gasteiger partial charge in [-0.05, 0) is 43.0 Å². The van der Waals surface area contributed by atoms with Gasteiger partial charge < -0.3 is 9.67 Å². The van der Waals surface area contributed by atoms with E-state index < -0.39 is 5.97 Å². The summed E-state index contributed by atoms with van der Waals surface area (Å²) in [5.74, 6) is 1.33. The molecule has 2 rings (SSSR count). The van der Waals surface area contributed by atoms with Gasteiger partial charge in [0.05, 0.1) is 22.9 Å². The Balaban J connectivity index is 2.27. The van der Waals surface area contributed by atoms with Gasteiger partial charge in [0.15, 0.2) is 0 Å². The lowest BCUT2D eigenvalue weighted by Crippen LogP contribution is -2.05. The van der Waals surface area contributed by atoms with Gasteiger partial charge in [-0.1, -0.05) is 6.92 Å². The predicted molar refractivity (Wildman–Crippen MR) is 79.0 cm³/mol. The molecule has 5 heteroatoms. The number of fused-ring (bicyclic) bond motifs is 1. The van der Waals surface area contributed by atoms with Crippen molar-refractivity contribution in [2.75, 3.05) is 11.5 Å². The van der Waals surface area contributed by atoms with Gasteiger partial charge >= 0.3 is 5.97 Å². The fourth-order valence-electron chi connectivity index (χ4n) is 2.05. The number of benzene rings is 1. The van der Waals surface area contributed by atoms with Gasteiger partial charge in [0.2, 0.25) is 0 Å². The largest absolute Gasteiger partial charge is 0.478 e. The Morgan fingerprint density at radius 2 is 2.32 bits per heavy atom. The number of hydrogen-bond acceptors (Lipinski definition) is 3. The van der Waals surface area contributed by atoms with Crippen molar-refractivity contribution in [1.29, 1.82) is 0 Å². The smallest absolute Gasteiger partial charge is 0.335 e. The number of hydrogen-bond donors (Lipinski definition) is 1. The van der Waals surface area contributed by atoms with Crippen molar-refractivity contribution in [3.63, 3.8) is 0 Å². The highest BCUT2D eigenvalue weighted by atomic mass is 32.2. The van der Waals surface area contributed by atoms with Gasteiger partial charge in [0.1, 0.15) is 0 Å². The highest BCUT2D eigenvalue weighted by Crippen LogP contribution is 2.22. The first-order chi connectivity index (χ1) is 9.13. The molecule has 0 fully saturated rings. The Labute approximate surface area is 116 Å². The summed E-state index contributed by atoms with van der Waals surface area (Å²) < 4.78 is 2.07. The van der Waals surface area contributed by atoms with Crippen LogP contribution in [0, 0.1) is 0 Å². The van der Waals surface area contributed by atoms with Gasteiger partial charge in [-0.2, -0.15) is 11.8 Å². The maximum atomic E-state index is 11.0. The number of carboxylic acid groups (broad SMARTS) is 1. The minimum absolute atomic E-state index is 0.310. The summed E-state index contributed by atoms with van der Waals surface area (Å²) in [5.41, 5.74) is 2.05. The summed E-state index contributed by atoms with van der Waals surface area (Å²) in [7, 11) is 0. The van der Waals surface area contributed by atoms with Crippen LogP contribution >= 0.6 is 11.8 Å². The second-order valence-electron chi connectivity index (χ2n) is 4.50. The molecule has 1 atom stereocenters. The van der Waals surface area contributed by atoms with Crippen LogP contribution in [0.15, 0.2) is 24.5 Å². The summed E-state index contributed by atoms with van der Waals surface area (Å²) in [6.07, 6.45) is 2.86. The molecule has 1 aromatic heterocycles. The van der Waals surface area contributed by atoms with Crippen LogP contribution in [0.1, 0.15) is 36.7 Å². The minimum atomic E-state index is -0.899. The zero-order valence-corrected chi connectivity index (χ0v) is 12.0. The molecule has 2 aromatic rings. The molecule has 1 unspecified atom stereocenters. The Morgan fingerprint density at radius 1 is 1.53 bits per heavy atom. The summed E-state index contributed by atoms with van der Waals surface area (Å²) >= 11 is 1.92. The molecule has 0 aliphatic carbocycles. The second kappa shape index (κ2) is 6.10. The monoisotopic (exact) mass is 278 g/mol. The van der Waals surface area contributed by atoms with Crippen molar-refractivity contribution in [3.8, 4) is 0 Å². The molecule has 0 amide bonds. The molecule has 102 valence electrons. The predicted octanol–water partition coefficient (Wildman–Crippen LogP) is 3.44. The molecule has 0 saturated heterocycles. The standard InChI is InChI=1S/C14H18N2O2S/c1-3-19-7-6-10(2)16-9-15-12-5-4-11(14(17)18)8-13(12)16/h4-5,8-10H,3,6-7H2,1-2H3,(H,17,18). The van der Waals surface area contributed by atoms with Gasteiger partial charge in [-0.25, -0.2) is 9.78 Å². The van der Waals surface area contributed by atoms with E-state index >= 15 is 0 Å². The molecular weight excluding hydrogens is 260 g/mol. The Bertz CT molecular complexity index is 580. The Morgan fingerprint density at radius 3 is 3.00 bits per heavy atom. The number of rotatable bonds is 6. The molecule has 0 saturated carbocycles. The number of imidazole rings is 1. The number of thioether (sulfide) groups is 1. The summed E-state index contributed by atoms with van der Waals surface area (Å²) in [6, 6.07) is 5.39. The van der Waals surface area contributed by atoms with Crippen LogP contribution in [-0.2, 0) is 0 Å². The van der Waals surface area contributed by atoms with Crippen LogP contribution in [0.5, 0.6) is 0 Å². The van der Waals surface area contributed by atoms with E-state index in [4.69, 9.17) is 5.11 Å². The number of carboxylic acids is 1. The summed E-state index contributed by atoms with van der Waals surface area (Å²) in [5, 5.41) is 9.05. The fraction of sp³-hybridized carbons (Fsp3) is 0.429. The van der Waals surface area contributed by atoms with Crippen LogP contribution < -0.4 is 0 Å². The normalized spacial score (nSPS) is 12.7. The topological polar surface area (TPSA) is 55.1 Å². The van der Waals surface area contributed by atoms with E-state index in [2.05, 4.69) is 23.4 Å². The minimum Gasteiger partial charge on any atom is -0.478 e. The zero-order chi connectivity index (χ0) is 13.8. The first kappa shape index (κ1) is 13.9. The number of aromatic nitrogens is 2. The molecule has 19 heavy (non-hydrogen) atoms. The van der Waals surface area contributed by atoms with E-state index in [9.17, 15) is 4.79 Å². The van der Waals surface area contributed by atoms with E-state index in [1.807, 2.05) is 11.8 Å². The Hall–Kier alpha value is -1.49. The number of nitrogens with zero attached hydrogens (tertiary/aromatic N) is 2. The van der Waals surface area contributed by atoms with Crippen molar-refractivity contribution in [2.45, 2.75) is 26.3 Å².